The van der Waals surface area contributed by atoms with Gasteiger partial charge in [-0.15, -0.1) is 0 Å². The van der Waals surface area contributed by atoms with Crippen LogP contribution >= 0.6 is 15.9 Å². The molecule has 0 unspecified atom stereocenters. The quantitative estimate of drug-likeness (QED) is 0.788. The molecule has 0 radical (unpaired) electrons. The zero-order chi connectivity index (χ0) is 13.8. The monoisotopic (exact) mass is 325 g/mol. The average Bonchev–Trinajstić information content (AvgIpc) is 2.43. The van der Waals surface area contributed by atoms with Crippen LogP contribution in [-0.4, -0.2) is 0 Å². The van der Waals surface area contributed by atoms with Crippen molar-refractivity contribution in [1.82, 2.24) is 0 Å². The predicted octanol–water partition coefficient (Wildman–Crippen LogP) is 4.90. The van der Waals surface area contributed by atoms with Crippen molar-refractivity contribution in [2.24, 2.45) is 0 Å². The highest BCUT2D eigenvalue weighted by Crippen LogP contribution is 2.23. The van der Waals surface area contributed by atoms with Crippen LogP contribution in [0.5, 0.6) is 0 Å². The molecule has 1 nitrogen and oxygen atoms in total. The number of nitrogens with one attached hydrogen (secondary N) is 1. The highest BCUT2D eigenvalue weighted by molar-refractivity contribution is 9.10. The fourth-order valence-corrected chi connectivity index (χ4v) is 2.29. The topological polar surface area (TPSA) is 12.0 Å². The first-order valence-electron chi connectivity index (χ1n) is 6.07. The SMILES string of the molecule is CCc1ccccc1NCc1c(F)ccc(Br)c1F. The molecule has 4 heteroatoms. The molecule has 0 saturated heterocycles. The molecule has 0 amide bonds. The maximum absolute atomic E-state index is 13.8. The van der Waals surface area contributed by atoms with Gasteiger partial charge in [0.05, 0.1) is 4.47 Å². The highest BCUT2D eigenvalue weighted by atomic mass is 79.9. The average molecular weight is 326 g/mol. The van der Waals surface area contributed by atoms with Crippen molar-refractivity contribution in [3.05, 3.63) is 63.6 Å². The molecule has 0 aliphatic rings. The molecule has 0 fully saturated rings. The second-order valence-electron chi connectivity index (χ2n) is 4.19. The second-order valence-corrected chi connectivity index (χ2v) is 5.04. The zero-order valence-corrected chi connectivity index (χ0v) is 12.1. The molecule has 0 aromatic heterocycles. The van der Waals surface area contributed by atoms with Gasteiger partial charge in [0.2, 0.25) is 0 Å². The number of aryl methyl sites for hydroxylation is 1. The Bertz CT molecular complexity index is 584. The molecular weight excluding hydrogens is 312 g/mol. The van der Waals surface area contributed by atoms with Gasteiger partial charge in [-0.2, -0.15) is 0 Å². The number of anilines is 1. The van der Waals surface area contributed by atoms with Crippen LogP contribution in [0.2, 0.25) is 0 Å². The Morgan fingerprint density at radius 3 is 2.58 bits per heavy atom. The molecule has 0 bridgehead atoms. The summed E-state index contributed by atoms with van der Waals surface area (Å²) in [6.07, 6.45) is 0.868. The first kappa shape index (κ1) is 14.0. The Labute approximate surface area is 119 Å². The van der Waals surface area contributed by atoms with E-state index in [1.54, 1.807) is 0 Å². The van der Waals surface area contributed by atoms with Crippen LogP contribution in [0.4, 0.5) is 14.5 Å². The van der Waals surface area contributed by atoms with Gasteiger partial charge in [0.25, 0.3) is 0 Å². The third kappa shape index (κ3) is 3.13. The van der Waals surface area contributed by atoms with Crippen molar-refractivity contribution in [2.45, 2.75) is 19.9 Å². The van der Waals surface area contributed by atoms with Gasteiger partial charge >= 0.3 is 0 Å². The summed E-state index contributed by atoms with van der Waals surface area (Å²) in [4.78, 5) is 0. The summed E-state index contributed by atoms with van der Waals surface area (Å²) in [5.74, 6) is -1.09. The van der Waals surface area contributed by atoms with Crippen LogP contribution in [0.1, 0.15) is 18.1 Å². The molecule has 1 N–H and O–H groups in total. The zero-order valence-electron chi connectivity index (χ0n) is 10.5. The lowest BCUT2D eigenvalue weighted by molar-refractivity contribution is 0.555. The maximum atomic E-state index is 13.8. The second kappa shape index (κ2) is 6.15. The molecule has 0 atom stereocenters. The van der Waals surface area contributed by atoms with E-state index in [0.29, 0.717) is 0 Å². The van der Waals surface area contributed by atoms with E-state index in [9.17, 15) is 8.78 Å². The summed E-state index contributed by atoms with van der Waals surface area (Å²) in [6.45, 7) is 2.16. The van der Waals surface area contributed by atoms with Crippen LogP contribution in [0.3, 0.4) is 0 Å². The van der Waals surface area contributed by atoms with E-state index >= 15 is 0 Å². The van der Waals surface area contributed by atoms with Crippen LogP contribution < -0.4 is 5.32 Å². The maximum Gasteiger partial charge on any atom is 0.145 e. The minimum atomic E-state index is -0.554. The third-order valence-electron chi connectivity index (χ3n) is 2.99. The number of para-hydroxylation sites is 1. The van der Waals surface area contributed by atoms with Crippen molar-refractivity contribution in [3.63, 3.8) is 0 Å². The smallest absolute Gasteiger partial charge is 0.145 e. The van der Waals surface area contributed by atoms with E-state index in [2.05, 4.69) is 21.2 Å². The van der Waals surface area contributed by atoms with Gasteiger partial charge < -0.3 is 5.32 Å². The summed E-state index contributed by atoms with van der Waals surface area (Å²) >= 11 is 3.07. The minimum absolute atomic E-state index is 0.0419. The number of benzene rings is 2. The van der Waals surface area contributed by atoms with Gasteiger partial charge in [-0.25, -0.2) is 8.78 Å². The first-order chi connectivity index (χ1) is 9.13. The molecule has 2 aromatic carbocycles. The summed E-state index contributed by atoms with van der Waals surface area (Å²) in [5.41, 5.74) is 2.07. The summed E-state index contributed by atoms with van der Waals surface area (Å²) < 4.78 is 27.7. The molecule has 2 rings (SSSR count). The van der Waals surface area contributed by atoms with E-state index in [4.69, 9.17) is 0 Å². The van der Waals surface area contributed by atoms with E-state index < -0.39 is 11.6 Å². The van der Waals surface area contributed by atoms with Gasteiger partial charge in [0, 0.05) is 17.8 Å². The van der Waals surface area contributed by atoms with Crippen molar-refractivity contribution in [1.29, 1.82) is 0 Å². The Kier molecular flexibility index (Phi) is 4.53. The van der Waals surface area contributed by atoms with Crippen LogP contribution in [-0.2, 0) is 13.0 Å². The van der Waals surface area contributed by atoms with Gasteiger partial charge in [-0.3, -0.25) is 0 Å². The number of hydrogen-bond donors (Lipinski definition) is 1. The Morgan fingerprint density at radius 2 is 1.84 bits per heavy atom. The van der Waals surface area contributed by atoms with E-state index in [1.165, 1.54) is 12.1 Å². The molecule has 19 heavy (non-hydrogen) atoms. The molecule has 0 heterocycles. The fraction of sp³-hybridized carbons (Fsp3) is 0.200. The van der Waals surface area contributed by atoms with Crippen molar-refractivity contribution >= 4 is 21.6 Å². The lowest BCUT2D eigenvalue weighted by atomic mass is 10.1. The predicted molar refractivity (Wildman–Crippen MR) is 77.2 cm³/mol. The lowest BCUT2D eigenvalue weighted by Gasteiger charge is -2.12. The van der Waals surface area contributed by atoms with Gasteiger partial charge in [-0.1, -0.05) is 25.1 Å². The molecule has 0 saturated carbocycles. The Balaban J connectivity index is 2.21. The molecule has 0 aliphatic heterocycles. The van der Waals surface area contributed by atoms with Gasteiger partial charge in [0.1, 0.15) is 11.6 Å². The van der Waals surface area contributed by atoms with Crippen molar-refractivity contribution < 1.29 is 8.78 Å². The van der Waals surface area contributed by atoms with E-state index in [-0.39, 0.29) is 16.6 Å². The largest absolute Gasteiger partial charge is 0.381 e. The van der Waals surface area contributed by atoms with E-state index in [0.717, 1.165) is 17.7 Å². The first-order valence-corrected chi connectivity index (χ1v) is 6.87. The van der Waals surface area contributed by atoms with Crippen molar-refractivity contribution in [3.8, 4) is 0 Å². The minimum Gasteiger partial charge on any atom is -0.381 e. The highest BCUT2D eigenvalue weighted by Gasteiger charge is 2.12. The standard InChI is InChI=1S/C15H14BrF2N/c1-2-10-5-3-4-6-14(10)19-9-11-13(17)8-7-12(16)15(11)18/h3-8,19H,2,9H2,1H3. The summed E-state index contributed by atoms with van der Waals surface area (Å²) in [6, 6.07) is 10.4. The van der Waals surface area contributed by atoms with Crippen molar-refractivity contribution in [2.75, 3.05) is 5.32 Å². The van der Waals surface area contributed by atoms with E-state index in [1.807, 2.05) is 31.2 Å². The van der Waals surface area contributed by atoms with Crippen LogP contribution in [0.15, 0.2) is 40.9 Å². The fourth-order valence-electron chi connectivity index (χ4n) is 1.92. The van der Waals surface area contributed by atoms with Gasteiger partial charge in [0.15, 0.2) is 0 Å². The molecule has 0 spiro atoms. The lowest BCUT2D eigenvalue weighted by Crippen LogP contribution is -2.06. The molecular formula is C15H14BrF2N. The molecule has 100 valence electrons. The Hall–Kier alpha value is -1.42. The normalized spacial score (nSPS) is 10.5. The summed E-state index contributed by atoms with van der Waals surface area (Å²) in [7, 11) is 0. The number of halogens is 3. The Morgan fingerprint density at radius 1 is 1.11 bits per heavy atom. The number of rotatable bonds is 4. The van der Waals surface area contributed by atoms with Gasteiger partial charge in [-0.05, 0) is 46.1 Å². The van der Waals surface area contributed by atoms with Crippen LogP contribution in [0, 0.1) is 11.6 Å². The third-order valence-corrected chi connectivity index (χ3v) is 3.61. The van der Waals surface area contributed by atoms with Crippen LogP contribution in [0.25, 0.3) is 0 Å². The molecule has 2 aromatic rings. The summed E-state index contributed by atoms with van der Waals surface area (Å²) in [5, 5.41) is 3.09. The number of hydrogen-bond acceptors (Lipinski definition) is 1. The molecule has 0 aliphatic carbocycles.